The van der Waals surface area contributed by atoms with Gasteiger partial charge in [-0.15, -0.1) is 0 Å². The van der Waals surface area contributed by atoms with Gasteiger partial charge >= 0.3 is 0 Å². The second-order valence-corrected chi connectivity index (χ2v) is 6.31. The van der Waals surface area contributed by atoms with E-state index in [1.807, 2.05) is 0 Å². The molecule has 0 bridgehead atoms. The fourth-order valence-electron chi connectivity index (χ4n) is 2.03. The molecule has 0 amide bonds. The number of rotatable bonds is 2. The third kappa shape index (κ3) is 2.50. The molecule has 0 N–H and O–H groups in total. The Kier molecular flexibility index (Phi) is 3.49. The van der Waals surface area contributed by atoms with Crippen molar-refractivity contribution in [2.75, 3.05) is 13.1 Å². The van der Waals surface area contributed by atoms with Gasteiger partial charge in [0.05, 0.1) is 4.90 Å². The van der Waals surface area contributed by atoms with E-state index in [2.05, 4.69) is 0 Å². The minimum absolute atomic E-state index is 0.193. The molecule has 0 aliphatic carbocycles. The van der Waals surface area contributed by atoms with Gasteiger partial charge in [-0.05, 0) is 43.5 Å². The van der Waals surface area contributed by atoms with Crippen LogP contribution in [0.2, 0.25) is 0 Å². The van der Waals surface area contributed by atoms with E-state index in [0.717, 1.165) is 19.3 Å². The van der Waals surface area contributed by atoms with Gasteiger partial charge in [0.1, 0.15) is 5.82 Å². The van der Waals surface area contributed by atoms with Crippen molar-refractivity contribution >= 4 is 10.0 Å². The highest BCUT2D eigenvalue weighted by Gasteiger charge is 2.26. The number of hydrogen-bond acceptors (Lipinski definition) is 2. The van der Waals surface area contributed by atoms with Gasteiger partial charge in [-0.3, -0.25) is 0 Å². The zero-order chi connectivity index (χ0) is 12.5. The Morgan fingerprint density at radius 1 is 1.18 bits per heavy atom. The van der Waals surface area contributed by atoms with E-state index in [9.17, 15) is 12.8 Å². The number of benzene rings is 1. The van der Waals surface area contributed by atoms with Crippen LogP contribution in [-0.4, -0.2) is 25.8 Å². The van der Waals surface area contributed by atoms with Gasteiger partial charge < -0.3 is 0 Å². The molecule has 1 fully saturated rings. The largest absolute Gasteiger partial charge is 0.243 e. The fourth-order valence-corrected chi connectivity index (χ4v) is 3.63. The lowest BCUT2D eigenvalue weighted by atomic mass is 10.2. The molecule has 0 spiro atoms. The first-order valence-electron chi connectivity index (χ1n) is 5.78. The third-order valence-electron chi connectivity index (χ3n) is 3.08. The van der Waals surface area contributed by atoms with E-state index < -0.39 is 10.0 Å². The average Bonchev–Trinajstić information content (AvgIpc) is 2.33. The molecule has 2 rings (SSSR count). The molecule has 0 unspecified atom stereocenters. The molecular weight excluding hydrogens is 241 g/mol. The summed E-state index contributed by atoms with van der Waals surface area (Å²) in [5, 5.41) is 0. The summed E-state index contributed by atoms with van der Waals surface area (Å²) in [6.07, 6.45) is 2.88. The molecule has 1 aliphatic rings. The molecule has 0 atom stereocenters. The van der Waals surface area contributed by atoms with E-state index in [1.54, 1.807) is 6.92 Å². The van der Waals surface area contributed by atoms with E-state index in [4.69, 9.17) is 0 Å². The van der Waals surface area contributed by atoms with Crippen LogP contribution in [-0.2, 0) is 10.0 Å². The summed E-state index contributed by atoms with van der Waals surface area (Å²) in [5.41, 5.74) is 0.364. The van der Waals surface area contributed by atoms with E-state index in [0.29, 0.717) is 18.7 Å². The maximum Gasteiger partial charge on any atom is 0.243 e. The molecule has 0 aromatic heterocycles. The summed E-state index contributed by atoms with van der Waals surface area (Å²) in [5.74, 6) is -0.373. The zero-order valence-electron chi connectivity index (χ0n) is 9.82. The average molecular weight is 257 g/mol. The van der Waals surface area contributed by atoms with Gasteiger partial charge in [0.15, 0.2) is 0 Å². The fraction of sp³-hybridized carbons (Fsp3) is 0.500. The molecule has 1 aromatic rings. The molecule has 94 valence electrons. The number of aryl methyl sites for hydroxylation is 1. The van der Waals surface area contributed by atoms with Crippen molar-refractivity contribution in [1.82, 2.24) is 4.31 Å². The number of sulfonamides is 1. The van der Waals surface area contributed by atoms with E-state index >= 15 is 0 Å². The number of piperidine rings is 1. The Morgan fingerprint density at radius 3 is 2.41 bits per heavy atom. The zero-order valence-corrected chi connectivity index (χ0v) is 10.6. The smallest absolute Gasteiger partial charge is 0.207 e. The molecule has 3 nitrogen and oxygen atoms in total. The predicted octanol–water partition coefficient (Wildman–Crippen LogP) is 2.31. The molecule has 1 aliphatic heterocycles. The topological polar surface area (TPSA) is 37.4 Å². The van der Waals surface area contributed by atoms with Crippen LogP contribution < -0.4 is 0 Å². The van der Waals surface area contributed by atoms with Crippen LogP contribution in [0.4, 0.5) is 4.39 Å². The van der Waals surface area contributed by atoms with Crippen LogP contribution >= 0.6 is 0 Å². The number of hydrogen-bond donors (Lipinski definition) is 0. The summed E-state index contributed by atoms with van der Waals surface area (Å²) in [6.45, 7) is 2.71. The van der Waals surface area contributed by atoms with Crippen molar-refractivity contribution in [2.24, 2.45) is 0 Å². The van der Waals surface area contributed by atoms with Gasteiger partial charge in [0, 0.05) is 13.1 Å². The Morgan fingerprint density at radius 2 is 1.82 bits per heavy atom. The highest BCUT2D eigenvalue weighted by molar-refractivity contribution is 7.89. The Hall–Kier alpha value is -0.940. The van der Waals surface area contributed by atoms with Crippen LogP contribution in [0.15, 0.2) is 23.1 Å². The summed E-state index contributed by atoms with van der Waals surface area (Å²) in [6, 6.07) is 3.96. The van der Waals surface area contributed by atoms with Crippen molar-refractivity contribution < 1.29 is 12.8 Å². The second-order valence-electron chi connectivity index (χ2n) is 4.38. The lowest BCUT2D eigenvalue weighted by Gasteiger charge is -2.26. The minimum Gasteiger partial charge on any atom is -0.207 e. The summed E-state index contributed by atoms with van der Waals surface area (Å²) < 4.78 is 39.1. The van der Waals surface area contributed by atoms with Crippen LogP contribution in [0.3, 0.4) is 0 Å². The Bertz CT molecular complexity index is 507. The summed E-state index contributed by atoms with van der Waals surface area (Å²) in [7, 11) is -3.43. The molecular formula is C12H16FNO2S. The standard InChI is InChI=1S/C12H16FNO2S/c1-10-9-11(5-6-12(10)13)17(15,16)14-7-3-2-4-8-14/h5-6,9H,2-4,7-8H2,1H3. The lowest BCUT2D eigenvalue weighted by Crippen LogP contribution is -2.35. The van der Waals surface area contributed by atoms with Crippen molar-refractivity contribution in [3.63, 3.8) is 0 Å². The highest BCUT2D eigenvalue weighted by Crippen LogP contribution is 2.22. The van der Waals surface area contributed by atoms with Crippen molar-refractivity contribution in [1.29, 1.82) is 0 Å². The maximum atomic E-state index is 13.1. The van der Waals surface area contributed by atoms with Crippen LogP contribution in [0.1, 0.15) is 24.8 Å². The summed E-state index contributed by atoms with van der Waals surface area (Å²) in [4.78, 5) is 0.193. The van der Waals surface area contributed by atoms with Crippen LogP contribution in [0.5, 0.6) is 0 Å². The maximum absolute atomic E-state index is 13.1. The van der Waals surface area contributed by atoms with E-state index in [1.165, 1.54) is 22.5 Å². The third-order valence-corrected chi connectivity index (χ3v) is 4.98. The van der Waals surface area contributed by atoms with Crippen LogP contribution in [0.25, 0.3) is 0 Å². The molecule has 1 aromatic carbocycles. The van der Waals surface area contributed by atoms with Gasteiger partial charge in [-0.1, -0.05) is 6.42 Å². The van der Waals surface area contributed by atoms with Gasteiger partial charge in [-0.2, -0.15) is 4.31 Å². The minimum atomic E-state index is -3.43. The van der Waals surface area contributed by atoms with Gasteiger partial charge in [0.2, 0.25) is 10.0 Å². The SMILES string of the molecule is Cc1cc(S(=O)(=O)N2CCCCC2)ccc1F. The Labute approximate surface area is 101 Å². The lowest BCUT2D eigenvalue weighted by molar-refractivity contribution is 0.346. The normalized spacial score (nSPS) is 18.2. The predicted molar refractivity (Wildman–Crippen MR) is 63.7 cm³/mol. The quantitative estimate of drug-likeness (QED) is 0.815. The number of halogens is 1. The van der Waals surface area contributed by atoms with Gasteiger partial charge in [-0.25, -0.2) is 12.8 Å². The molecule has 0 saturated carbocycles. The monoisotopic (exact) mass is 257 g/mol. The first kappa shape index (κ1) is 12.5. The van der Waals surface area contributed by atoms with Crippen molar-refractivity contribution in [2.45, 2.75) is 31.1 Å². The first-order chi connectivity index (χ1) is 8.01. The van der Waals surface area contributed by atoms with Crippen LogP contribution in [0, 0.1) is 12.7 Å². The Balaban J connectivity index is 2.33. The van der Waals surface area contributed by atoms with Crippen molar-refractivity contribution in [3.8, 4) is 0 Å². The molecule has 1 saturated heterocycles. The highest BCUT2D eigenvalue weighted by atomic mass is 32.2. The van der Waals surface area contributed by atoms with E-state index in [-0.39, 0.29) is 10.7 Å². The number of nitrogens with zero attached hydrogens (tertiary/aromatic N) is 1. The second kappa shape index (κ2) is 4.74. The molecule has 0 radical (unpaired) electrons. The van der Waals surface area contributed by atoms with Crippen molar-refractivity contribution in [3.05, 3.63) is 29.6 Å². The molecule has 17 heavy (non-hydrogen) atoms. The molecule has 1 heterocycles. The first-order valence-corrected chi connectivity index (χ1v) is 7.22. The molecule has 5 heteroatoms. The van der Waals surface area contributed by atoms with Gasteiger partial charge in [0.25, 0.3) is 0 Å². The summed E-state index contributed by atoms with van der Waals surface area (Å²) >= 11 is 0.